The lowest BCUT2D eigenvalue weighted by atomic mass is 10.2. The molecule has 0 saturated heterocycles. The third kappa shape index (κ3) is 2.38. The molecule has 84 valence electrons. The third-order valence-electron chi connectivity index (χ3n) is 2.29. The molecule has 0 aliphatic carbocycles. The van der Waals surface area contributed by atoms with E-state index in [9.17, 15) is 0 Å². The van der Waals surface area contributed by atoms with E-state index in [0.29, 0.717) is 11.5 Å². The molecule has 2 rings (SSSR count). The standard InChI is InChI=1S/C13H9ClN2O/c1-9-4-2-3-5-11(9)17-12-6-7-16-13(14)10(12)8-15/h2-7H,1H3. The number of hydrogen-bond donors (Lipinski definition) is 0. The number of benzene rings is 1. The minimum absolute atomic E-state index is 0.151. The number of rotatable bonds is 2. The van der Waals surface area contributed by atoms with Gasteiger partial charge in [0, 0.05) is 12.3 Å². The summed E-state index contributed by atoms with van der Waals surface area (Å²) in [6, 6.07) is 11.2. The molecular formula is C13H9ClN2O. The predicted octanol–water partition coefficient (Wildman–Crippen LogP) is 3.71. The van der Waals surface area contributed by atoms with Crippen molar-refractivity contribution >= 4 is 11.6 Å². The normalized spacial score (nSPS) is 9.71. The summed E-state index contributed by atoms with van der Waals surface area (Å²) in [5, 5.41) is 9.14. The number of hydrogen-bond acceptors (Lipinski definition) is 3. The highest BCUT2D eigenvalue weighted by atomic mass is 35.5. The monoisotopic (exact) mass is 244 g/mol. The summed E-state index contributed by atoms with van der Waals surface area (Å²) in [5.74, 6) is 1.12. The van der Waals surface area contributed by atoms with E-state index in [2.05, 4.69) is 4.98 Å². The Morgan fingerprint density at radius 2 is 2.00 bits per heavy atom. The van der Waals surface area contributed by atoms with Gasteiger partial charge in [0.05, 0.1) is 0 Å². The Morgan fingerprint density at radius 3 is 2.71 bits per heavy atom. The number of pyridine rings is 1. The molecule has 1 heterocycles. The summed E-state index contributed by atoms with van der Waals surface area (Å²) in [6.07, 6.45) is 1.51. The van der Waals surface area contributed by atoms with Crippen LogP contribution in [-0.4, -0.2) is 4.98 Å². The quantitative estimate of drug-likeness (QED) is 0.757. The predicted molar refractivity (Wildman–Crippen MR) is 65.2 cm³/mol. The molecule has 1 aromatic carbocycles. The number of aryl methyl sites for hydroxylation is 1. The van der Waals surface area contributed by atoms with Crippen LogP contribution in [0.5, 0.6) is 11.5 Å². The number of aromatic nitrogens is 1. The Morgan fingerprint density at radius 1 is 1.24 bits per heavy atom. The number of ether oxygens (including phenoxy) is 1. The van der Waals surface area contributed by atoms with E-state index in [1.165, 1.54) is 6.20 Å². The molecule has 0 aliphatic rings. The molecule has 0 atom stereocenters. The first kappa shape index (κ1) is 11.4. The van der Waals surface area contributed by atoms with Crippen molar-refractivity contribution in [1.29, 1.82) is 5.26 Å². The number of nitriles is 1. The Kier molecular flexibility index (Phi) is 3.27. The van der Waals surface area contributed by atoms with E-state index in [1.54, 1.807) is 6.07 Å². The fraction of sp³-hybridized carbons (Fsp3) is 0.0769. The highest BCUT2D eigenvalue weighted by molar-refractivity contribution is 6.30. The highest BCUT2D eigenvalue weighted by Gasteiger charge is 2.10. The van der Waals surface area contributed by atoms with E-state index in [4.69, 9.17) is 21.6 Å². The summed E-state index contributed by atoms with van der Waals surface area (Å²) < 4.78 is 5.67. The summed E-state index contributed by atoms with van der Waals surface area (Å²) in [4.78, 5) is 3.84. The van der Waals surface area contributed by atoms with E-state index in [1.807, 2.05) is 37.3 Å². The van der Waals surface area contributed by atoms with Crippen LogP contribution in [0.25, 0.3) is 0 Å². The lowest BCUT2D eigenvalue weighted by Crippen LogP contribution is -1.92. The van der Waals surface area contributed by atoms with Crippen molar-refractivity contribution in [2.24, 2.45) is 0 Å². The number of para-hydroxylation sites is 1. The van der Waals surface area contributed by atoms with Crippen LogP contribution in [-0.2, 0) is 0 Å². The van der Waals surface area contributed by atoms with E-state index in [0.717, 1.165) is 5.56 Å². The number of nitrogens with zero attached hydrogens (tertiary/aromatic N) is 2. The second kappa shape index (κ2) is 4.86. The molecule has 3 nitrogen and oxygen atoms in total. The van der Waals surface area contributed by atoms with Crippen molar-refractivity contribution < 1.29 is 4.74 Å². The van der Waals surface area contributed by atoms with Crippen molar-refractivity contribution in [3.05, 3.63) is 52.8 Å². The maximum atomic E-state index is 8.99. The lowest BCUT2D eigenvalue weighted by molar-refractivity contribution is 0.476. The van der Waals surface area contributed by atoms with E-state index < -0.39 is 0 Å². The molecule has 0 fully saturated rings. The largest absolute Gasteiger partial charge is 0.456 e. The summed E-state index contributed by atoms with van der Waals surface area (Å²) in [6.45, 7) is 1.93. The van der Waals surface area contributed by atoms with Gasteiger partial charge in [-0.25, -0.2) is 4.98 Å². The molecule has 2 aromatic rings. The van der Waals surface area contributed by atoms with Gasteiger partial charge < -0.3 is 4.74 Å². The average molecular weight is 245 g/mol. The zero-order chi connectivity index (χ0) is 12.3. The molecule has 0 aliphatic heterocycles. The highest BCUT2D eigenvalue weighted by Crippen LogP contribution is 2.29. The lowest BCUT2D eigenvalue weighted by Gasteiger charge is -2.09. The maximum Gasteiger partial charge on any atom is 0.150 e. The van der Waals surface area contributed by atoms with Gasteiger partial charge >= 0.3 is 0 Å². The minimum atomic E-state index is 0.151. The summed E-state index contributed by atoms with van der Waals surface area (Å²) >= 11 is 5.82. The SMILES string of the molecule is Cc1ccccc1Oc1ccnc(Cl)c1C#N. The third-order valence-corrected chi connectivity index (χ3v) is 2.58. The van der Waals surface area contributed by atoms with Crippen LogP contribution in [0.4, 0.5) is 0 Å². The van der Waals surface area contributed by atoms with Crippen LogP contribution < -0.4 is 4.74 Å². The van der Waals surface area contributed by atoms with Gasteiger partial charge in [0.1, 0.15) is 23.1 Å². The molecular weight excluding hydrogens is 236 g/mol. The molecule has 0 saturated carbocycles. The fourth-order valence-corrected chi connectivity index (χ4v) is 1.59. The topological polar surface area (TPSA) is 45.9 Å². The van der Waals surface area contributed by atoms with Gasteiger partial charge in [-0.1, -0.05) is 29.8 Å². The van der Waals surface area contributed by atoms with Gasteiger partial charge in [-0.2, -0.15) is 5.26 Å². The second-order valence-electron chi connectivity index (χ2n) is 3.45. The van der Waals surface area contributed by atoms with Gasteiger partial charge in [-0.3, -0.25) is 0 Å². The Hall–Kier alpha value is -2.05. The molecule has 0 bridgehead atoms. The first-order chi connectivity index (χ1) is 8.22. The van der Waals surface area contributed by atoms with Gasteiger partial charge in [0.25, 0.3) is 0 Å². The summed E-state index contributed by atoms with van der Waals surface area (Å²) in [5.41, 5.74) is 1.24. The molecule has 17 heavy (non-hydrogen) atoms. The Labute approximate surface area is 104 Å². The Balaban J connectivity index is 2.41. The smallest absolute Gasteiger partial charge is 0.150 e. The molecule has 0 N–H and O–H groups in total. The van der Waals surface area contributed by atoms with Gasteiger partial charge in [-0.15, -0.1) is 0 Å². The molecule has 4 heteroatoms. The molecule has 1 aromatic heterocycles. The summed E-state index contributed by atoms with van der Waals surface area (Å²) in [7, 11) is 0. The first-order valence-electron chi connectivity index (χ1n) is 5.00. The van der Waals surface area contributed by atoms with Crippen LogP contribution in [0.1, 0.15) is 11.1 Å². The first-order valence-corrected chi connectivity index (χ1v) is 5.38. The zero-order valence-electron chi connectivity index (χ0n) is 9.14. The molecule has 0 spiro atoms. The Bertz CT molecular complexity index is 590. The molecule has 0 unspecified atom stereocenters. The average Bonchev–Trinajstić information content (AvgIpc) is 2.32. The van der Waals surface area contributed by atoms with Crippen molar-refractivity contribution in [3.63, 3.8) is 0 Å². The maximum absolute atomic E-state index is 8.99. The molecule has 0 radical (unpaired) electrons. The van der Waals surface area contributed by atoms with Gasteiger partial charge in [0.2, 0.25) is 0 Å². The van der Waals surface area contributed by atoms with Crippen molar-refractivity contribution in [1.82, 2.24) is 4.98 Å². The fourth-order valence-electron chi connectivity index (χ4n) is 1.40. The molecule has 0 amide bonds. The van der Waals surface area contributed by atoms with Gasteiger partial charge in [-0.05, 0) is 18.6 Å². The van der Waals surface area contributed by atoms with Crippen molar-refractivity contribution in [2.75, 3.05) is 0 Å². The van der Waals surface area contributed by atoms with Crippen LogP contribution in [0, 0.1) is 18.3 Å². The van der Waals surface area contributed by atoms with Gasteiger partial charge in [0.15, 0.2) is 5.15 Å². The second-order valence-corrected chi connectivity index (χ2v) is 3.81. The van der Waals surface area contributed by atoms with Crippen LogP contribution in [0.3, 0.4) is 0 Å². The van der Waals surface area contributed by atoms with E-state index >= 15 is 0 Å². The number of halogens is 1. The van der Waals surface area contributed by atoms with Crippen LogP contribution in [0.15, 0.2) is 36.5 Å². The zero-order valence-corrected chi connectivity index (χ0v) is 9.90. The van der Waals surface area contributed by atoms with Crippen molar-refractivity contribution in [2.45, 2.75) is 6.92 Å². The van der Waals surface area contributed by atoms with Crippen LogP contribution >= 0.6 is 11.6 Å². The van der Waals surface area contributed by atoms with E-state index in [-0.39, 0.29) is 10.7 Å². The van der Waals surface area contributed by atoms with Crippen molar-refractivity contribution in [3.8, 4) is 17.6 Å². The van der Waals surface area contributed by atoms with Crippen LogP contribution in [0.2, 0.25) is 5.15 Å². The minimum Gasteiger partial charge on any atom is -0.456 e.